The van der Waals surface area contributed by atoms with Crippen molar-refractivity contribution in [3.05, 3.63) is 34.9 Å². The standard InChI is InChI=1S/C16H23N/c1-12-5-7-14-13(11-12)6-8-15(17)16(14)9-3-2-4-10-16/h5,7,11,15H,2-4,6,8-10,17H2,1H3. The van der Waals surface area contributed by atoms with Gasteiger partial charge in [-0.3, -0.25) is 0 Å². The van der Waals surface area contributed by atoms with Crippen LogP contribution in [0, 0.1) is 6.92 Å². The highest BCUT2D eigenvalue weighted by Gasteiger charge is 2.42. The molecule has 1 nitrogen and oxygen atoms in total. The van der Waals surface area contributed by atoms with Crippen molar-refractivity contribution in [2.75, 3.05) is 0 Å². The van der Waals surface area contributed by atoms with Crippen LogP contribution in [-0.2, 0) is 11.8 Å². The molecule has 92 valence electrons. The quantitative estimate of drug-likeness (QED) is 0.724. The Balaban J connectivity index is 2.09. The van der Waals surface area contributed by atoms with Gasteiger partial charge in [0.15, 0.2) is 0 Å². The zero-order valence-corrected chi connectivity index (χ0v) is 10.8. The average Bonchev–Trinajstić information content (AvgIpc) is 2.35. The maximum atomic E-state index is 6.50. The van der Waals surface area contributed by atoms with Gasteiger partial charge in [0.05, 0.1) is 0 Å². The van der Waals surface area contributed by atoms with Gasteiger partial charge in [-0.15, -0.1) is 0 Å². The summed E-state index contributed by atoms with van der Waals surface area (Å²) in [4.78, 5) is 0. The summed E-state index contributed by atoms with van der Waals surface area (Å²) in [5.74, 6) is 0. The summed E-state index contributed by atoms with van der Waals surface area (Å²) in [6.07, 6.45) is 9.10. The summed E-state index contributed by atoms with van der Waals surface area (Å²) in [6.45, 7) is 2.20. The van der Waals surface area contributed by atoms with E-state index in [0.717, 1.165) is 0 Å². The van der Waals surface area contributed by atoms with Crippen molar-refractivity contribution in [3.8, 4) is 0 Å². The molecule has 0 aromatic heterocycles. The SMILES string of the molecule is Cc1ccc2c(c1)CCC(N)C21CCCCC1. The van der Waals surface area contributed by atoms with Crippen molar-refractivity contribution >= 4 is 0 Å². The molecule has 17 heavy (non-hydrogen) atoms. The molecule has 2 N–H and O–H groups in total. The Hall–Kier alpha value is -0.820. The van der Waals surface area contributed by atoms with Crippen LogP contribution >= 0.6 is 0 Å². The highest BCUT2D eigenvalue weighted by atomic mass is 14.7. The van der Waals surface area contributed by atoms with E-state index in [-0.39, 0.29) is 0 Å². The normalized spacial score (nSPS) is 26.8. The van der Waals surface area contributed by atoms with Crippen LogP contribution in [0.3, 0.4) is 0 Å². The minimum Gasteiger partial charge on any atom is -0.327 e. The zero-order valence-electron chi connectivity index (χ0n) is 10.8. The number of fused-ring (bicyclic) bond motifs is 2. The molecule has 2 aliphatic rings. The van der Waals surface area contributed by atoms with Gasteiger partial charge in [0.1, 0.15) is 0 Å². The first kappa shape index (κ1) is 11.3. The van der Waals surface area contributed by atoms with E-state index in [2.05, 4.69) is 25.1 Å². The first-order valence-corrected chi connectivity index (χ1v) is 7.08. The van der Waals surface area contributed by atoms with Gasteiger partial charge >= 0.3 is 0 Å². The summed E-state index contributed by atoms with van der Waals surface area (Å²) in [6, 6.07) is 7.41. The van der Waals surface area contributed by atoms with E-state index in [1.807, 2.05) is 0 Å². The predicted molar refractivity (Wildman–Crippen MR) is 72.2 cm³/mol. The number of hydrogen-bond donors (Lipinski definition) is 1. The van der Waals surface area contributed by atoms with Crippen LogP contribution in [0.4, 0.5) is 0 Å². The van der Waals surface area contributed by atoms with Crippen LogP contribution in [0.15, 0.2) is 18.2 Å². The zero-order chi connectivity index (χ0) is 11.9. The average molecular weight is 229 g/mol. The lowest BCUT2D eigenvalue weighted by atomic mass is 9.60. The van der Waals surface area contributed by atoms with Crippen molar-refractivity contribution in [2.45, 2.75) is 63.3 Å². The Morgan fingerprint density at radius 1 is 1.18 bits per heavy atom. The van der Waals surface area contributed by atoms with Crippen molar-refractivity contribution < 1.29 is 0 Å². The van der Waals surface area contributed by atoms with Crippen molar-refractivity contribution in [3.63, 3.8) is 0 Å². The second-order valence-corrected chi connectivity index (χ2v) is 6.02. The summed E-state index contributed by atoms with van der Waals surface area (Å²) in [7, 11) is 0. The van der Waals surface area contributed by atoms with Gasteiger partial charge < -0.3 is 5.73 Å². The number of benzene rings is 1. The summed E-state index contributed by atoms with van der Waals surface area (Å²) in [5.41, 5.74) is 11.4. The highest BCUT2D eigenvalue weighted by Crippen LogP contribution is 2.46. The van der Waals surface area contributed by atoms with Gasteiger partial charge in [-0.1, -0.05) is 43.0 Å². The Kier molecular flexibility index (Phi) is 2.74. The molecule has 1 saturated carbocycles. The van der Waals surface area contributed by atoms with E-state index in [0.29, 0.717) is 11.5 Å². The van der Waals surface area contributed by atoms with E-state index in [1.54, 1.807) is 11.1 Å². The molecule has 1 atom stereocenters. The maximum Gasteiger partial charge on any atom is 0.0140 e. The first-order valence-electron chi connectivity index (χ1n) is 7.08. The number of hydrogen-bond acceptors (Lipinski definition) is 1. The molecule has 1 spiro atoms. The highest BCUT2D eigenvalue weighted by molar-refractivity contribution is 5.41. The van der Waals surface area contributed by atoms with Gasteiger partial charge in [0.2, 0.25) is 0 Å². The van der Waals surface area contributed by atoms with Crippen molar-refractivity contribution in [1.29, 1.82) is 0 Å². The second-order valence-electron chi connectivity index (χ2n) is 6.02. The third kappa shape index (κ3) is 1.72. The van der Waals surface area contributed by atoms with Gasteiger partial charge in [-0.05, 0) is 43.7 Å². The molecule has 0 saturated heterocycles. The van der Waals surface area contributed by atoms with Gasteiger partial charge in [-0.2, -0.15) is 0 Å². The molecule has 0 amide bonds. The second kappa shape index (κ2) is 4.13. The Morgan fingerprint density at radius 2 is 1.94 bits per heavy atom. The largest absolute Gasteiger partial charge is 0.327 e. The molecule has 2 aliphatic carbocycles. The van der Waals surface area contributed by atoms with Crippen molar-refractivity contribution in [2.24, 2.45) is 5.73 Å². The van der Waals surface area contributed by atoms with Crippen LogP contribution in [0.1, 0.15) is 55.2 Å². The predicted octanol–water partition coefficient (Wildman–Crippen LogP) is 3.47. The van der Waals surface area contributed by atoms with Gasteiger partial charge in [0.25, 0.3) is 0 Å². The number of rotatable bonds is 0. The molecular formula is C16H23N. The number of nitrogens with two attached hydrogens (primary N) is 1. The van der Waals surface area contributed by atoms with Crippen LogP contribution in [0.5, 0.6) is 0 Å². The van der Waals surface area contributed by atoms with Gasteiger partial charge in [-0.25, -0.2) is 0 Å². The summed E-state index contributed by atoms with van der Waals surface area (Å²) < 4.78 is 0. The van der Waals surface area contributed by atoms with Crippen LogP contribution in [-0.4, -0.2) is 6.04 Å². The summed E-state index contributed by atoms with van der Waals surface area (Å²) >= 11 is 0. The van der Waals surface area contributed by atoms with Crippen LogP contribution < -0.4 is 5.73 Å². The van der Waals surface area contributed by atoms with Crippen LogP contribution in [0.25, 0.3) is 0 Å². The molecule has 1 fully saturated rings. The summed E-state index contributed by atoms with van der Waals surface area (Å²) in [5, 5.41) is 0. The molecule has 1 aromatic carbocycles. The fraction of sp³-hybridized carbons (Fsp3) is 0.625. The smallest absolute Gasteiger partial charge is 0.0140 e. The molecule has 3 rings (SSSR count). The fourth-order valence-corrected chi connectivity index (χ4v) is 4.02. The van der Waals surface area contributed by atoms with E-state index >= 15 is 0 Å². The third-order valence-corrected chi connectivity index (χ3v) is 4.98. The molecular weight excluding hydrogens is 206 g/mol. The molecule has 1 unspecified atom stereocenters. The minimum atomic E-state index is 0.319. The number of aryl methyl sites for hydroxylation is 2. The first-order chi connectivity index (χ1) is 8.22. The molecule has 0 bridgehead atoms. The third-order valence-electron chi connectivity index (χ3n) is 4.98. The van der Waals surface area contributed by atoms with Crippen LogP contribution in [0.2, 0.25) is 0 Å². The lowest BCUT2D eigenvalue weighted by molar-refractivity contribution is 0.221. The van der Waals surface area contributed by atoms with E-state index in [4.69, 9.17) is 5.73 Å². The Bertz CT molecular complexity index is 416. The molecule has 1 aromatic rings. The Labute approximate surface area is 104 Å². The molecule has 0 heterocycles. The lowest BCUT2D eigenvalue weighted by Crippen LogP contribution is -2.50. The topological polar surface area (TPSA) is 26.0 Å². The van der Waals surface area contributed by atoms with Gasteiger partial charge in [0, 0.05) is 11.5 Å². The minimum absolute atomic E-state index is 0.319. The van der Waals surface area contributed by atoms with E-state index in [1.165, 1.54) is 50.5 Å². The molecule has 0 aliphatic heterocycles. The molecule has 1 heteroatoms. The monoisotopic (exact) mass is 229 g/mol. The van der Waals surface area contributed by atoms with Crippen molar-refractivity contribution in [1.82, 2.24) is 0 Å². The van der Waals surface area contributed by atoms with E-state index in [9.17, 15) is 0 Å². The lowest BCUT2D eigenvalue weighted by Gasteiger charge is -2.46. The Morgan fingerprint density at radius 3 is 2.71 bits per heavy atom. The molecule has 0 radical (unpaired) electrons. The maximum absolute atomic E-state index is 6.50. The van der Waals surface area contributed by atoms with E-state index < -0.39 is 0 Å². The fourth-order valence-electron chi connectivity index (χ4n) is 4.02.